The average Bonchev–Trinajstić information content (AvgIpc) is 2.75. The van der Waals surface area contributed by atoms with E-state index in [1.807, 2.05) is 39.8 Å². The lowest BCUT2D eigenvalue weighted by molar-refractivity contribution is 0.408. The molecule has 0 aromatic heterocycles. The van der Waals surface area contributed by atoms with E-state index in [4.69, 9.17) is 0 Å². The smallest absolute Gasteiger partial charge is 0.243 e. The van der Waals surface area contributed by atoms with Crippen LogP contribution in [0.2, 0.25) is 0 Å². The fraction of sp³-hybridized carbons (Fsp3) is 0.600. The molecule has 0 saturated carbocycles. The molecule has 0 amide bonds. The second-order valence-electron chi connectivity index (χ2n) is 5.58. The van der Waals surface area contributed by atoms with Gasteiger partial charge in [-0.1, -0.05) is 0 Å². The molecule has 4 nitrogen and oxygen atoms in total. The van der Waals surface area contributed by atoms with Crippen LogP contribution < -0.4 is 5.32 Å². The summed E-state index contributed by atoms with van der Waals surface area (Å²) in [5, 5.41) is 3.24. The van der Waals surface area contributed by atoms with E-state index in [1.54, 1.807) is 4.31 Å². The first-order valence-electron chi connectivity index (χ1n) is 7.25. The van der Waals surface area contributed by atoms with Gasteiger partial charge in [0.25, 0.3) is 0 Å². The standard InChI is InChI=1S/C15H24N2O2S/c1-5-16-14-9-11(2)15(12(3)10-14)20(18,19)17-8-6-7-13(17)4/h9-10,13,16H,5-8H2,1-4H3. The van der Waals surface area contributed by atoms with Crippen molar-refractivity contribution in [1.82, 2.24) is 4.31 Å². The molecule has 1 aromatic rings. The molecule has 1 N–H and O–H groups in total. The number of aryl methyl sites for hydroxylation is 2. The van der Waals surface area contributed by atoms with Crippen molar-refractivity contribution in [3.63, 3.8) is 0 Å². The lowest BCUT2D eigenvalue weighted by Gasteiger charge is -2.23. The van der Waals surface area contributed by atoms with Gasteiger partial charge < -0.3 is 5.32 Å². The van der Waals surface area contributed by atoms with Crippen LogP contribution in [0.1, 0.15) is 37.8 Å². The molecule has 1 saturated heterocycles. The number of nitrogens with zero attached hydrogens (tertiary/aromatic N) is 1. The lowest BCUT2D eigenvalue weighted by atomic mass is 10.1. The fourth-order valence-electron chi connectivity index (χ4n) is 3.04. The summed E-state index contributed by atoms with van der Waals surface area (Å²) in [5.41, 5.74) is 2.62. The summed E-state index contributed by atoms with van der Waals surface area (Å²) in [6.45, 7) is 9.23. The van der Waals surface area contributed by atoms with E-state index in [2.05, 4.69) is 5.32 Å². The number of nitrogens with one attached hydrogen (secondary N) is 1. The molecule has 0 bridgehead atoms. The van der Waals surface area contributed by atoms with Crippen molar-refractivity contribution in [3.8, 4) is 0 Å². The van der Waals surface area contributed by atoms with Crippen molar-refractivity contribution in [2.24, 2.45) is 0 Å². The zero-order chi connectivity index (χ0) is 14.9. The SMILES string of the molecule is CCNc1cc(C)c(S(=O)(=O)N2CCCC2C)c(C)c1. The number of sulfonamides is 1. The minimum Gasteiger partial charge on any atom is -0.385 e. The Bertz CT molecular complexity index is 573. The number of hydrogen-bond donors (Lipinski definition) is 1. The van der Waals surface area contributed by atoms with Crippen LogP contribution >= 0.6 is 0 Å². The number of anilines is 1. The average molecular weight is 296 g/mol. The van der Waals surface area contributed by atoms with Gasteiger partial charge in [-0.25, -0.2) is 8.42 Å². The quantitative estimate of drug-likeness (QED) is 0.929. The van der Waals surface area contributed by atoms with Gasteiger partial charge in [0, 0.05) is 24.8 Å². The molecule has 1 fully saturated rings. The van der Waals surface area contributed by atoms with Gasteiger partial charge in [0.1, 0.15) is 0 Å². The van der Waals surface area contributed by atoms with Gasteiger partial charge in [-0.15, -0.1) is 0 Å². The van der Waals surface area contributed by atoms with Crippen LogP contribution in [0.5, 0.6) is 0 Å². The molecule has 112 valence electrons. The highest BCUT2D eigenvalue weighted by Crippen LogP contribution is 2.31. The van der Waals surface area contributed by atoms with Crippen molar-refractivity contribution < 1.29 is 8.42 Å². The van der Waals surface area contributed by atoms with E-state index in [9.17, 15) is 8.42 Å². The second kappa shape index (κ2) is 5.74. The summed E-state index contributed by atoms with van der Waals surface area (Å²) >= 11 is 0. The summed E-state index contributed by atoms with van der Waals surface area (Å²) in [5.74, 6) is 0. The van der Waals surface area contributed by atoms with Gasteiger partial charge in [-0.05, 0) is 63.8 Å². The Morgan fingerprint density at radius 2 is 1.90 bits per heavy atom. The van der Waals surface area contributed by atoms with Crippen molar-refractivity contribution in [2.75, 3.05) is 18.4 Å². The molecule has 1 aliphatic rings. The Labute approximate surface area is 122 Å². The van der Waals surface area contributed by atoms with Crippen LogP contribution in [-0.4, -0.2) is 31.9 Å². The fourth-order valence-corrected chi connectivity index (χ4v) is 5.16. The Balaban J connectivity index is 2.47. The van der Waals surface area contributed by atoms with Crippen LogP contribution in [-0.2, 0) is 10.0 Å². The van der Waals surface area contributed by atoms with Gasteiger partial charge in [0.2, 0.25) is 10.0 Å². The molecule has 1 atom stereocenters. The zero-order valence-electron chi connectivity index (χ0n) is 12.7. The third-order valence-corrected chi connectivity index (χ3v) is 6.22. The van der Waals surface area contributed by atoms with E-state index in [1.165, 1.54) is 0 Å². The predicted molar refractivity (Wildman–Crippen MR) is 82.7 cm³/mol. The van der Waals surface area contributed by atoms with Gasteiger partial charge in [0.05, 0.1) is 4.90 Å². The first kappa shape index (κ1) is 15.3. The topological polar surface area (TPSA) is 49.4 Å². The summed E-state index contributed by atoms with van der Waals surface area (Å²) in [4.78, 5) is 0.480. The Hall–Kier alpha value is -1.07. The summed E-state index contributed by atoms with van der Waals surface area (Å²) in [6, 6.07) is 3.95. The van der Waals surface area contributed by atoms with Crippen LogP contribution in [0.4, 0.5) is 5.69 Å². The molecule has 20 heavy (non-hydrogen) atoms. The second-order valence-corrected chi connectivity index (χ2v) is 7.40. The van der Waals surface area contributed by atoms with Crippen molar-refractivity contribution in [1.29, 1.82) is 0 Å². The van der Waals surface area contributed by atoms with Crippen LogP contribution in [0, 0.1) is 13.8 Å². The molecular weight excluding hydrogens is 272 g/mol. The van der Waals surface area contributed by atoms with Crippen LogP contribution in [0.3, 0.4) is 0 Å². The molecule has 1 unspecified atom stereocenters. The minimum absolute atomic E-state index is 0.104. The highest BCUT2D eigenvalue weighted by molar-refractivity contribution is 7.89. The number of hydrogen-bond acceptors (Lipinski definition) is 3. The molecule has 1 aliphatic heterocycles. The normalized spacial score (nSPS) is 20.3. The van der Waals surface area contributed by atoms with Gasteiger partial charge in [0.15, 0.2) is 0 Å². The van der Waals surface area contributed by atoms with E-state index >= 15 is 0 Å². The predicted octanol–water partition coefficient (Wildman–Crippen LogP) is 2.91. The van der Waals surface area contributed by atoms with Crippen LogP contribution in [0.15, 0.2) is 17.0 Å². The maximum Gasteiger partial charge on any atom is 0.243 e. The molecule has 0 radical (unpaired) electrons. The Morgan fingerprint density at radius 1 is 1.30 bits per heavy atom. The molecule has 1 aromatic carbocycles. The monoisotopic (exact) mass is 296 g/mol. The zero-order valence-corrected chi connectivity index (χ0v) is 13.5. The minimum atomic E-state index is -3.38. The highest BCUT2D eigenvalue weighted by Gasteiger charge is 2.34. The number of benzene rings is 1. The Morgan fingerprint density at radius 3 is 2.35 bits per heavy atom. The molecular formula is C15H24N2O2S. The molecule has 5 heteroatoms. The summed E-state index contributed by atoms with van der Waals surface area (Å²) < 4.78 is 27.4. The van der Waals surface area contributed by atoms with Gasteiger partial charge >= 0.3 is 0 Å². The first-order chi connectivity index (χ1) is 9.37. The first-order valence-corrected chi connectivity index (χ1v) is 8.69. The summed E-state index contributed by atoms with van der Waals surface area (Å²) in [7, 11) is -3.38. The summed E-state index contributed by atoms with van der Waals surface area (Å²) in [6.07, 6.45) is 1.90. The van der Waals surface area contributed by atoms with Gasteiger partial charge in [-0.3, -0.25) is 0 Å². The van der Waals surface area contributed by atoms with E-state index in [0.717, 1.165) is 36.2 Å². The maximum atomic E-state index is 12.9. The van der Waals surface area contributed by atoms with Crippen LogP contribution in [0.25, 0.3) is 0 Å². The van der Waals surface area contributed by atoms with Crippen molar-refractivity contribution >= 4 is 15.7 Å². The highest BCUT2D eigenvalue weighted by atomic mass is 32.2. The van der Waals surface area contributed by atoms with E-state index in [-0.39, 0.29) is 6.04 Å². The maximum absolute atomic E-state index is 12.9. The van der Waals surface area contributed by atoms with E-state index in [0.29, 0.717) is 11.4 Å². The van der Waals surface area contributed by atoms with Gasteiger partial charge in [-0.2, -0.15) is 4.31 Å². The third-order valence-electron chi connectivity index (χ3n) is 3.90. The van der Waals surface area contributed by atoms with Crippen molar-refractivity contribution in [3.05, 3.63) is 23.3 Å². The lowest BCUT2D eigenvalue weighted by Crippen LogP contribution is -2.34. The molecule has 2 rings (SSSR count). The molecule has 0 aliphatic carbocycles. The molecule has 0 spiro atoms. The van der Waals surface area contributed by atoms with Crippen molar-refractivity contribution in [2.45, 2.75) is 51.5 Å². The molecule has 1 heterocycles. The Kier molecular flexibility index (Phi) is 4.39. The van der Waals surface area contributed by atoms with E-state index < -0.39 is 10.0 Å². The largest absolute Gasteiger partial charge is 0.385 e. The number of rotatable bonds is 4. The third kappa shape index (κ3) is 2.69.